The Morgan fingerprint density at radius 3 is 2.25 bits per heavy atom. The van der Waals surface area contributed by atoms with Crippen molar-refractivity contribution in [1.82, 2.24) is 25.3 Å². The summed E-state index contributed by atoms with van der Waals surface area (Å²) in [5.41, 5.74) is 16.9. The lowest BCUT2D eigenvalue weighted by molar-refractivity contribution is -0.141. The maximum absolute atomic E-state index is 14.2. The average molecular weight is 755 g/mol. The number of carbonyl (C=O) groups excluding carboxylic acids is 3. The van der Waals surface area contributed by atoms with E-state index in [9.17, 15) is 14.4 Å². The molecule has 0 fully saturated rings. The molecule has 0 saturated carbocycles. The van der Waals surface area contributed by atoms with Gasteiger partial charge in [0, 0.05) is 70.2 Å². The van der Waals surface area contributed by atoms with Crippen LogP contribution in [0.25, 0.3) is 39.3 Å². The molecule has 1 amide bonds. The molecular weight excluding hydrogens is 700 g/mol. The van der Waals surface area contributed by atoms with Gasteiger partial charge in [-0.25, -0.2) is 4.98 Å². The van der Waals surface area contributed by atoms with E-state index in [1.807, 2.05) is 32.1 Å². The maximum atomic E-state index is 14.2. The van der Waals surface area contributed by atoms with Crippen LogP contribution < -0.4 is 11.1 Å². The van der Waals surface area contributed by atoms with Gasteiger partial charge in [0.15, 0.2) is 0 Å². The number of methoxy groups -OCH3 is 2. The number of nitrogens with zero attached hydrogens (tertiary/aromatic N) is 2. The predicted molar refractivity (Wildman–Crippen MR) is 214 cm³/mol. The van der Waals surface area contributed by atoms with Crippen LogP contribution in [0.2, 0.25) is 0 Å². The first-order valence-corrected chi connectivity index (χ1v) is 18.8. The van der Waals surface area contributed by atoms with Crippen LogP contribution in [0, 0.1) is 13.8 Å². The number of hydrogen-bond acceptors (Lipinski definition) is 10. The number of allylic oxidation sites excluding steroid dienone is 1. The zero-order valence-electron chi connectivity index (χ0n) is 33.1. The third kappa shape index (κ3) is 8.90. The molecule has 2 unspecified atom stereocenters. The minimum Gasteiger partial charge on any atom is -0.469 e. The minimum atomic E-state index is -0.513. The van der Waals surface area contributed by atoms with Crippen LogP contribution in [0.1, 0.15) is 96.0 Å². The number of fused-ring (bicyclic) bond motifs is 8. The summed E-state index contributed by atoms with van der Waals surface area (Å²) < 4.78 is 21.3. The third-order valence-electron chi connectivity index (χ3n) is 10.6. The van der Waals surface area contributed by atoms with E-state index in [-0.39, 0.29) is 49.7 Å². The first-order valence-electron chi connectivity index (χ1n) is 18.8. The van der Waals surface area contributed by atoms with Crippen LogP contribution in [0.3, 0.4) is 0 Å². The summed E-state index contributed by atoms with van der Waals surface area (Å²) in [7, 11) is 2.69. The van der Waals surface area contributed by atoms with Gasteiger partial charge in [0.1, 0.15) is 0 Å². The van der Waals surface area contributed by atoms with Crippen molar-refractivity contribution in [2.75, 3.05) is 53.7 Å². The minimum absolute atomic E-state index is 0.135. The van der Waals surface area contributed by atoms with Gasteiger partial charge in [-0.05, 0) is 74.1 Å². The Morgan fingerprint density at radius 2 is 1.58 bits per heavy atom. The molecule has 2 atom stereocenters. The Balaban J connectivity index is 1.81. The number of aromatic amines is 2. The molecular formula is C42H54N6O7. The van der Waals surface area contributed by atoms with Gasteiger partial charge in [-0.15, -0.1) is 0 Å². The zero-order valence-corrected chi connectivity index (χ0v) is 33.1. The smallest absolute Gasteiger partial charge is 0.310 e. The van der Waals surface area contributed by atoms with Gasteiger partial charge >= 0.3 is 11.9 Å². The van der Waals surface area contributed by atoms with Crippen molar-refractivity contribution in [3.8, 4) is 0 Å². The van der Waals surface area contributed by atoms with Crippen molar-refractivity contribution >= 4 is 57.1 Å². The average Bonchev–Trinajstić information content (AvgIpc) is 3.86. The standard InChI is InChI=1S/C42H54N6O7/c1-9-27-23(3)31-20-33-25(5)29(11-12-37(49)52-7)40(47-33)30(19-38(50)53-8)41-39(42(51)44-14-16-55-18-17-54-15-13-43)26(6)34(48-41)22-36-28(10-2)24(4)32(46-36)21-35(27)45-31/h9,20-22,25,29,45-46H,1,10-19,43H2,2-8H3,(H,44,51). The second-order valence-corrected chi connectivity index (χ2v) is 13.8. The molecule has 2 aliphatic rings. The molecule has 5 heterocycles. The van der Waals surface area contributed by atoms with Crippen LogP contribution in [-0.2, 0) is 46.2 Å². The number of rotatable bonds is 16. The number of ether oxygens (including phenoxy) is 4. The van der Waals surface area contributed by atoms with Crippen molar-refractivity contribution in [2.45, 2.75) is 72.1 Å². The molecule has 294 valence electrons. The van der Waals surface area contributed by atoms with Gasteiger partial charge in [-0.1, -0.05) is 26.5 Å². The second kappa shape index (κ2) is 18.5. The van der Waals surface area contributed by atoms with E-state index in [0.29, 0.717) is 66.6 Å². The fourth-order valence-corrected chi connectivity index (χ4v) is 7.43. The number of nitrogens with two attached hydrogens (primary N) is 1. The van der Waals surface area contributed by atoms with Gasteiger partial charge < -0.3 is 40.0 Å². The highest BCUT2D eigenvalue weighted by Gasteiger charge is 2.35. The largest absolute Gasteiger partial charge is 0.469 e. The van der Waals surface area contributed by atoms with E-state index in [2.05, 4.69) is 48.7 Å². The molecule has 55 heavy (non-hydrogen) atoms. The topological polar surface area (TPSA) is 184 Å². The molecule has 0 saturated heterocycles. The zero-order chi connectivity index (χ0) is 39.8. The van der Waals surface area contributed by atoms with Gasteiger partial charge in [0.05, 0.1) is 69.7 Å². The molecule has 3 aromatic heterocycles. The monoisotopic (exact) mass is 754 g/mol. The van der Waals surface area contributed by atoms with Gasteiger partial charge in [0.25, 0.3) is 5.91 Å². The molecule has 0 aliphatic carbocycles. The van der Waals surface area contributed by atoms with E-state index in [4.69, 9.17) is 34.6 Å². The highest BCUT2D eigenvalue weighted by atomic mass is 16.5. The number of hydrogen-bond donors (Lipinski definition) is 4. The summed E-state index contributed by atoms with van der Waals surface area (Å²) in [6, 6.07) is 6.08. The third-order valence-corrected chi connectivity index (χ3v) is 10.6. The first kappa shape index (κ1) is 41.1. The highest BCUT2D eigenvalue weighted by Crippen LogP contribution is 2.44. The van der Waals surface area contributed by atoms with Crippen molar-refractivity contribution in [1.29, 1.82) is 0 Å². The van der Waals surface area contributed by atoms with E-state index in [1.165, 1.54) is 14.2 Å². The Hall–Kier alpha value is -5.11. The number of H-pyrrole nitrogens is 2. The van der Waals surface area contributed by atoms with Gasteiger partial charge in [-0.3, -0.25) is 19.4 Å². The SMILES string of the molecule is C=Cc1c(C)c2cc3nc(c(CC(=O)OC)c4nc(cc5[nH]c(cc1[nH]2)c(C)c5CC)C(C)=C4C(=O)NCCOCCOCCN)C(CCC(=O)OC)C3C. The number of aryl methyl sites for hydroxylation is 3. The molecule has 13 heteroatoms. The maximum Gasteiger partial charge on any atom is 0.310 e. The quantitative estimate of drug-likeness (QED) is 0.104. The molecule has 5 N–H and O–H groups in total. The Labute approximate surface area is 322 Å². The lowest BCUT2D eigenvalue weighted by Crippen LogP contribution is -2.29. The molecule has 0 radical (unpaired) electrons. The lowest BCUT2D eigenvalue weighted by atomic mass is 9.84. The molecule has 0 spiro atoms. The number of carbonyl (C=O) groups is 3. The van der Waals surface area contributed by atoms with E-state index >= 15 is 0 Å². The fourth-order valence-electron chi connectivity index (χ4n) is 7.43. The number of aromatic nitrogens is 4. The lowest BCUT2D eigenvalue weighted by Gasteiger charge is -2.18. The van der Waals surface area contributed by atoms with Gasteiger partial charge in [0.2, 0.25) is 0 Å². The van der Waals surface area contributed by atoms with Crippen LogP contribution in [0.5, 0.6) is 0 Å². The van der Waals surface area contributed by atoms with Crippen LogP contribution in [0.4, 0.5) is 0 Å². The fraction of sp³-hybridized carbons (Fsp3) is 0.452. The molecule has 8 bridgehead atoms. The predicted octanol–water partition coefficient (Wildman–Crippen LogP) is 5.73. The summed E-state index contributed by atoms with van der Waals surface area (Å²) >= 11 is 0. The summed E-state index contributed by atoms with van der Waals surface area (Å²) in [5.74, 6) is -1.71. The van der Waals surface area contributed by atoms with Crippen molar-refractivity contribution in [3.05, 3.63) is 75.4 Å². The molecule has 5 rings (SSSR count). The van der Waals surface area contributed by atoms with Crippen molar-refractivity contribution in [2.24, 2.45) is 5.73 Å². The Kier molecular flexibility index (Phi) is 13.8. The number of esters is 2. The Morgan fingerprint density at radius 1 is 0.891 bits per heavy atom. The van der Waals surface area contributed by atoms with Crippen molar-refractivity contribution < 1.29 is 33.3 Å². The number of amides is 1. The summed E-state index contributed by atoms with van der Waals surface area (Å²) in [6.07, 6.45) is 2.94. The van der Waals surface area contributed by atoms with Crippen LogP contribution in [-0.4, -0.2) is 91.5 Å². The van der Waals surface area contributed by atoms with E-state index in [1.54, 1.807) is 0 Å². The molecule has 13 nitrogen and oxygen atoms in total. The number of nitrogens with one attached hydrogen (secondary N) is 3. The van der Waals surface area contributed by atoms with Gasteiger partial charge in [-0.2, -0.15) is 0 Å². The molecule has 0 aromatic carbocycles. The Bertz CT molecular complexity index is 2150. The summed E-state index contributed by atoms with van der Waals surface area (Å²) in [6.45, 7) is 16.4. The van der Waals surface area contributed by atoms with E-state index < -0.39 is 5.97 Å². The van der Waals surface area contributed by atoms with Crippen LogP contribution >= 0.6 is 0 Å². The summed E-state index contributed by atoms with van der Waals surface area (Å²) in [5, 5.41) is 2.99. The molecule has 2 aliphatic heterocycles. The van der Waals surface area contributed by atoms with Crippen LogP contribution in [0.15, 0.2) is 24.8 Å². The normalized spacial score (nSPS) is 15.3. The van der Waals surface area contributed by atoms with Crippen molar-refractivity contribution in [3.63, 3.8) is 0 Å². The summed E-state index contributed by atoms with van der Waals surface area (Å²) in [4.78, 5) is 57.6. The second-order valence-electron chi connectivity index (χ2n) is 13.8. The first-order chi connectivity index (χ1) is 26.5. The highest BCUT2D eigenvalue weighted by molar-refractivity contribution is 6.27. The molecule has 3 aromatic rings. The van der Waals surface area contributed by atoms with E-state index in [0.717, 1.165) is 56.4 Å².